The fraction of sp³-hybridized carbons (Fsp3) is 0.340. The molecule has 4 atom stereocenters. The number of hydrogen-bond donors (Lipinski definition) is 3. The number of aryl methyl sites for hydroxylation is 1. The second-order valence-corrected chi connectivity index (χ2v) is 17.9. The van der Waals surface area contributed by atoms with Gasteiger partial charge in [0.25, 0.3) is 11.8 Å². The zero-order valence-corrected chi connectivity index (χ0v) is 40.7. The Balaban J connectivity index is 0.826. The number of ether oxygens (including phenoxy) is 5. The summed E-state index contributed by atoms with van der Waals surface area (Å²) in [5, 5.41) is 21.8. The summed E-state index contributed by atoms with van der Waals surface area (Å²) in [4.78, 5) is 48.6. The highest BCUT2D eigenvalue weighted by atomic mass is 32.1. The normalized spacial score (nSPS) is 17.6. The Bertz CT molecular complexity index is 3090. The number of β-amino-alcohol motifs (C(OH)–C–C–N with tert-alkyl or cyclic N) is 1. The number of likely N-dealkylation sites (tertiary alicyclic amines) is 1. The maximum Gasteiger partial charge on any atom is 0.257 e. The summed E-state index contributed by atoms with van der Waals surface area (Å²) >= 11 is 1.55. The molecule has 3 aromatic carbocycles. The highest BCUT2D eigenvalue weighted by molar-refractivity contribution is 7.13. The number of hydrogen-bond acceptors (Lipinski definition) is 16. The summed E-state index contributed by atoms with van der Waals surface area (Å²) in [5.41, 5.74) is 5.38. The number of aliphatic hydroxyl groups is 1. The number of amidine groups is 1. The minimum Gasteiger partial charge on any atom is -0.487 e. The van der Waals surface area contributed by atoms with Crippen LogP contribution in [-0.2, 0) is 24.6 Å². The van der Waals surface area contributed by atoms with Crippen molar-refractivity contribution in [2.24, 2.45) is 10.9 Å². The number of aliphatic imine (C=N–C) groups is 1. The Morgan fingerprint density at radius 1 is 1.00 bits per heavy atom. The molecule has 1 unspecified atom stereocenters. The molecule has 1 saturated heterocycles. The number of carbonyl (C=O) groups excluding carboxylic acids is 2. The number of nitrogens with zero attached hydrogens (tertiary/aromatic N) is 6. The second kappa shape index (κ2) is 22.8. The Hall–Kier alpha value is -7.79. The van der Waals surface area contributed by atoms with Crippen molar-refractivity contribution >= 4 is 51.4 Å². The monoisotopic (exact) mass is 976 g/mol. The van der Waals surface area contributed by atoms with E-state index in [4.69, 9.17) is 39.6 Å². The van der Waals surface area contributed by atoms with Crippen LogP contribution in [0.15, 0.2) is 88.1 Å². The molecule has 2 aliphatic rings. The van der Waals surface area contributed by atoms with Crippen LogP contribution in [0.1, 0.15) is 55.7 Å². The van der Waals surface area contributed by atoms with Crippen molar-refractivity contribution in [2.45, 2.75) is 57.7 Å². The zero-order chi connectivity index (χ0) is 49.9. The van der Waals surface area contributed by atoms with E-state index in [1.165, 1.54) is 6.33 Å². The predicted molar refractivity (Wildman–Crippen MR) is 267 cm³/mol. The number of aromatic nitrogens is 4. The molecule has 0 radical (unpaired) electrons. The van der Waals surface area contributed by atoms with Gasteiger partial charge in [0, 0.05) is 48.8 Å². The summed E-state index contributed by atoms with van der Waals surface area (Å²) in [6.45, 7) is 8.76. The van der Waals surface area contributed by atoms with E-state index in [9.17, 15) is 14.7 Å². The van der Waals surface area contributed by atoms with Gasteiger partial charge in [-0.25, -0.2) is 19.9 Å². The fourth-order valence-corrected chi connectivity index (χ4v) is 9.02. The minimum atomic E-state index is -1.23. The molecule has 8 rings (SSSR count). The van der Waals surface area contributed by atoms with E-state index in [2.05, 4.69) is 60.3 Å². The first-order chi connectivity index (χ1) is 34.4. The van der Waals surface area contributed by atoms with Crippen LogP contribution < -0.4 is 24.8 Å². The lowest BCUT2D eigenvalue weighted by Crippen LogP contribution is -2.48. The van der Waals surface area contributed by atoms with E-state index < -0.39 is 23.6 Å². The van der Waals surface area contributed by atoms with Gasteiger partial charge < -0.3 is 48.8 Å². The van der Waals surface area contributed by atoms with Gasteiger partial charge in [0.15, 0.2) is 29.4 Å². The molecule has 2 amide bonds. The highest BCUT2D eigenvalue weighted by Crippen LogP contribution is 2.38. The van der Waals surface area contributed by atoms with Crippen LogP contribution in [0.2, 0.25) is 0 Å². The van der Waals surface area contributed by atoms with Gasteiger partial charge in [-0.15, -0.1) is 17.8 Å². The number of anilines is 2. The smallest absolute Gasteiger partial charge is 0.257 e. The van der Waals surface area contributed by atoms with Gasteiger partial charge in [0.05, 0.1) is 47.0 Å². The molecule has 0 spiro atoms. The molecule has 5 heterocycles. The predicted octanol–water partition coefficient (Wildman–Crippen LogP) is 6.43. The maximum atomic E-state index is 14.3. The van der Waals surface area contributed by atoms with E-state index in [1.54, 1.807) is 47.9 Å². The number of nitrogens with one attached hydrogen (secondary N) is 2. The van der Waals surface area contributed by atoms with Crippen LogP contribution in [0.5, 0.6) is 17.4 Å². The van der Waals surface area contributed by atoms with E-state index in [0.717, 1.165) is 27.4 Å². The first-order valence-corrected chi connectivity index (χ1v) is 23.7. The topological polar surface area (TPSA) is 205 Å². The Morgan fingerprint density at radius 3 is 2.52 bits per heavy atom. The molecule has 0 bridgehead atoms. The third-order valence-corrected chi connectivity index (χ3v) is 12.8. The van der Waals surface area contributed by atoms with Gasteiger partial charge in [-0.05, 0) is 78.1 Å². The van der Waals surface area contributed by atoms with Crippen molar-refractivity contribution in [2.75, 3.05) is 58.6 Å². The molecule has 0 saturated carbocycles. The number of thiazole rings is 1. The summed E-state index contributed by atoms with van der Waals surface area (Å²) in [6, 6.07) is 19.7. The van der Waals surface area contributed by atoms with Gasteiger partial charge in [-0.2, -0.15) is 0 Å². The van der Waals surface area contributed by atoms with Gasteiger partial charge in [-0.1, -0.05) is 56.0 Å². The van der Waals surface area contributed by atoms with Crippen LogP contribution in [0.25, 0.3) is 21.3 Å². The van der Waals surface area contributed by atoms with Crippen molar-refractivity contribution in [3.63, 3.8) is 0 Å². The third-order valence-electron chi connectivity index (χ3n) is 11.8. The molecule has 3 N–H and O–H groups in total. The SMILES string of the molecule is C#Cc1cccc(Nc2ncnc3cc(OCCOC)c(OCCOCC#CC#CCOc4cc(C(C(=O)N5C[C@H](O)C[C@H]5C5=N[C@@](C)(c6ccc(-c7scnc7C)cc6)C(=O)N5)C(C)C)on4)cc23)c1. The van der Waals surface area contributed by atoms with Crippen LogP contribution in [-0.4, -0.2) is 113 Å². The van der Waals surface area contributed by atoms with Crippen molar-refractivity contribution < 1.29 is 42.9 Å². The van der Waals surface area contributed by atoms with Crippen molar-refractivity contribution in [1.29, 1.82) is 0 Å². The van der Waals surface area contributed by atoms with E-state index in [-0.39, 0.29) is 63.0 Å². The Kier molecular flexibility index (Phi) is 15.9. The number of aliphatic hydroxyl groups excluding tert-OH is 1. The summed E-state index contributed by atoms with van der Waals surface area (Å²) in [5.74, 6) is 14.5. The van der Waals surface area contributed by atoms with Crippen LogP contribution in [0.4, 0.5) is 11.5 Å². The number of rotatable bonds is 19. The number of amides is 2. The van der Waals surface area contributed by atoms with Crippen LogP contribution in [0, 0.1) is 48.9 Å². The molecule has 0 aliphatic carbocycles. The van der Waals surface area contributed by atoms with Crippen molar-refractivity contribution in [3.8, 4) is 63.8 Å². The number of terminal acetylenes is 1. The molecule has 1 fully saturated rings. The molecule has 18 heteroatoms. The van der Waals surface area contributed by atoms with Crippen molar-refractivity contribution in [1.82, 2.24) is 30.3 Å². The van der Waals surface area contributed by atoms with E-state index in [0.29, 0.717) is 58.6 Å². The van der Waals surface area contributed by atoms with E-state index in [1.807, 2.05) is 75.4 Å². The fourth-order valence-electron chi connectivity index (χ4n) is 8.21. The number of carbonyl (C=O) groups is 2. The molecule has 3 aromatic heterocycles. The summed E-state index contributed by atoms with van der Waals surface area (Å²) in [7, 11) is 1.60. The zero-order valence-electron chi connectivity index (χ0n) is 39.9. The molecular weight excluding hydrogens is 925 g/mol. The lowest BCUT2D eigenvalue weighted by molar-refractivity contribution is -0.134. The Labute approximate surface area is 415 Å². The standard InChI is InChI=1S/C53H52N8O9S/c1-7-35-13-12-14-38(25-35)57-49-40-27-43(44(67-23-21-65-6)28-41(40)54-31-55-49)68-24-22-66-19-10-8-9-11-20-69-46-29-45(70-60-46)47(33(2)3)51(63)61-30-39(62)26-42(61)50-58-52(64)53(5,59-50)37-17-15-36(16-18-37)48-34(4)56-32-71-48/h1,12-18,25,27-29,31-33,39,42,47,62H,19-24,26,30H2,2-6H3,(H,54,55,57)(H,58,59,64)/t39-,42+,47?,53+/m1/s1. The lowest BCUT2D eigenvalue weighted by Gasteiger charge is -2.29. The van der Waals surface area contributed by atoms with E-state index >= 15 is 0 Å². The molecular formula is C53H52N8O9S. The lowest BCUT2D eigenvalue weighted by atomic mass is 9.91. The minimum absolute atomic E-state index is 0.0396. The van der Waals surface area contributed by atoms with Gasteiger partial charge in [0.1, 0.15) is 43.7 Å². The molecule has 71 heavy (non-hydrogen) atoms. The second-order valence-electron chi connectivity index (χ2n) is 17.1. The molecule has 17 nitrogen and oxygen atoms in total. The van der Waals surface area contributed by atoms with Crippen LogP contribution >= 0.6 is 11.3 Å². The first-order valence-electron chi connectivity index (χ1n) is 22.9. The average Bonchev–Trinajstić information content (AvgIpc) is 4.18. The number of fused-ring (bicyclic) bond motifs is 1. The van der Waals surface area contributed by atoms with Gasteiger partial charge in [0.2, 0.25) is 5.91 Å². The summed E-state index contributed by atoms with van der Waals surface area (Å²) in [6.07, 6.45) is 6.46. The third kappa shape index (κ3) is 11.6. The molecule has 6 aromatic rings. The number of benzene rings is 3. The van der Waals surface area contributed by atoms with Crippen LogP contribution in [0.3, 0.4) is 0 Å². The van der Waals surface area contributed by atoms with Gasteiger partial charge >= 0.3 is 0 Å². The van der Waals surface area contributed by atoms with Gasteiger partial charge in [-0.3, -0.25) is 9.59 Å². The highest BCUT2D eigenvalue weighted by Gasteiger charge is 2.48. The largest absolute Gasteiger partial charge is 0.487 e. The number of methoxy groups -OCH3 is 1. The summed E-state index contributed by atoms with van der Waals surface area (Å²) < 4.78 is 34.2. The van der Waals surface area contributed by atoms with Crippen molar-refractivity contribution in [3.05, 3.63) is 101 Å². The molecule has 2 aliphatic heterocycles. The maximum absolute atomic E-state index is 14.3. The quantitative estimate of drug-likeness (QED) is 0.0592. The first kappa shape index (κ1) is 49.6. The Morgan fingerprint density at radius 2 is 1.77 bits per heavy atom. The average molecular weight is 977 g/mol. The molecule has 364 valence electrons.